The van der Waals surface area contributed by atoms with Gasteiger partial charge in [0, 0.05) is 25.1 Å². The van der Waals surface area contributed by atoms with Crippen molar-refractivity contribution in [1.82, 2.24) is 10.2 Å². The quantitative estimate of drug-likeness (QED) is 0.901. The largest absolute Gasteiger partial charge is 0.312 e. The molecule has 1 aromatic heterocycles. The summed E-state index contributed by atoms with van der Waals surface area (Å²) in [5, 5.41) is 12.0. The third-order valence-electron chi connectivity index (χ3n) is 3.79. The second kappa shape index (κ2) is 7.04. The molecular weight excluding hydrogens is 331 g/mol. The van der Waals surface area contributed by atoms with Crippen molar-refractivity contribution in [2.24, 2.45) is 5.92 Å². The zero-order valence-corrected chi connectivity index (χ0v) is 14.0. The predicted molar refractivity (Wildman–Crippen MR) is 89.4 cm³/mol. The van der Waals surface area contributed by atoms with Crippen LogP contribution >= 0.6 is 11.3 Å². The number of rotatable bonds is 5. The summed E-state index contributed by atoms with van der Waals surface area (Å²) < 4.78 is 13.0. The summed E-state index contributed by atoms with van der Waals surface area (Å²) in [7, 11) is 0. The van der Waals surface area contributed by atoms with Crippen LogP contribution in [0.3, 0.4) is 0 Å². The van der Waals surface area contributed by atoms with Crippen LogP contribution in [0.5, 0.6) is 0 Å². The summed E-state index contributed by atoms with van der Waals surface area (Å²) >= 11 is 1.35. The van der Waals surface area contributed by atoms with Gasteiger partial charge in [-0.3, -0.25) is 9.59 Å². The Morgan fingerprint density at radius 1 is 1.38 bits per heavy atom. The molecule has 1 aliphatic heterocycles. The van der Waals surface area contributed by atoms with Gasteiger partial charge in [-0.1, -0.05) is 18.3 Å². The molecule has 24 heavy (non-hydrogen) atoms. The summed E-state index contributed by atoms with van der Waals surface area (Å²) in [6.07, 6.45) is 1.92. The number of halogens is 1. The molecule has 1 aliphatic rings. The van der Waals surface area contributed by atoms with E-state index in [2.05, 4.69) is 15.5 Å². The molecule has 2 heterocycles. The molecule has 2 amide bonds. The van der Waals surface area contributed by atoms with E-state index in [-0.39, 0.29) is 30.6 Å². The molecule has 1 saturated heterocycles. The van der Waals surface area contributed by atoms with Gasteiger partial charge in [0.25, 0.3) is 0 Å². The molecule has 1 atom stereocenters. The highest BCUT2D eigenvalue weighted by Crippen LogP contribution is 2.26. The number of nitrogens with one attached hydrogen (secondary N) is 1. The molecule has 0 unspecified atom stereocenters. The number of aromatic nitrogens is 2. The van der Waals surface area contributed by atoms with E-state index >= 15 is 0 Å². The minimum Gasteiger partial charge on any atom is -0.312 e. The van der Waals surface area contributed by atoms with E-state index in [9.17, 15) is 14.0 Å². The number of aryl methyl sites for hydroxylation is 1. The second-order valence-electron chi connectivity index (χ2n) is 5.62. The first kappa shape index (κ1) is 16.5. The van der Waals surface area contributed by atoms with E-state index in [0.717, 1.165) is 17.8 Å². The number of amides is 2. The second-order valence-corrected chi connectivity index (χ2v) is 6.68. The van der Waals surface area contributed by atoms with Gasteiger partial charge in [-0.25, -0.2) is 4.39 Å². The van der Waals surface area contributed by atoms with E-state index in [1.165, 1.54) is 40.5 Å². The minimum atomic E-state index is -0.457. The van der Waals surface area contributed by atoms with Crippen LogP contribution in [0.4, 0.5) is 15.2 Å². The summed E-state index contributed by atoms with van der Waals surface area (Å²) in [5.41, 5.74) is 0.595. The summed E-state index contributed by atoms with van der Waals surface area (Å²) in [6.45, 7) is 2.32. The van der Waals surface area contributed by atoms with Crippen LogP contribution in [-0.2, 0) is 16.0 Å². The molecule has 6 nitrogen and oxygen atoms in total. The highest BCUT2D eigenvalue weighted by atomic mass is 32.1. The van der Waals surface area contributed by atoms with Crippen LogP contribution in [0.1, 0.15) is 24.8 Å². The zero-order chi connectivity index (χ0) is 17.1. The van der Waals surface area contributed by atoms with E-state index in [0.29, 0.717) is 10.8 Å². The molecule has 8 heteroatoms. The first-order valence-electron chi connectivity index (χ1n) is 7.76. The molecule has 0 saturated carbocycles. The monoisotopic (exact) mass is 348 g/mol. The fourth-order valence-electron chi connectivity index (χ4n) is 2.58. The molecular formula is C16H17FN4O2S. The normalized spacial score (nSPS) is 17.3. The lowest BCUT2D eigenvalue weighted by molar-refractivity contribution is -0.122. The van der Waals surface area contributed by atoms with Crippen LogP contribution in [0.2, 0.25) is 0 Å². The smallest absolute Gasteiger partial charge is 0.231 e. The van der Waals surface area contributed by atoms with E-state index < -0.39 is 5.92 Å². The topological polar surface area (TPSA) is 75.2 Å². The van der Waals surface area contributed by atoms with Crippen molar-refractivity contribution in [3.63, 3.8) is 0 Å². The lowest BCUT2D eigenvalue weighted by atomic mass is 10.1. The Kier molecular flexibility index (Phi) is 4.84. The number of nitrogens with zero attached hydrogens (tertiary/aromatic N) is 3. The van der Waals surface area contributed by atoms with Crippen molar-refractivity contribution in [3.8, 4) is 0 Å². The van der Waals surface area contributed by atoms with Gasteiger partial charge in [0.15, 0.2) is 0 Å². The molecule has 3 rings (SSSR count). The molecule has 1 fully saturated rings. The van der Waals surface area contributed by atoms with Gasteiger partial charge >= 0.3 is 0 Å². The van der Waals surface area contributed by atoms with Crippen molar-refractivity contribution in [1.29, 1.82) is 0 Å². The fourth-order valence-corrected chi connectivity index (χ4v) is 3.42. The Labute approximate surface area is 142 Å². The van der Waals surface area contributed by atoms with E-state index in [4.69, 9.17) is 0 Å². The third kappa shape index (κ3) is 3.59. The van der Waals surface area contributed by atoms with E-state index in [1.807, 2.05) is 6.92 Å². The summed E-state index contributed by atoms with van der Waals surface area (Å²) in [5.74, 6) is -1.21. The van der Waals surface area contributed by atoms with Gasteiger partial charge in [0.05, 0.1) is 5.92 Å². The lowest BCUT2D eigenvalue weighted by Gasteiger charge is -2.16. The molecule has 126 valence electrons. The highest BCUT2D eigenvalue weighted by Gasteiger charge is 2.35. The third-order valence-corrected chi connectivity index (χ3v) is 4.69. The number of hydrogen-bond donors (Lipinski definition) is 1. The van der Waals surface area contributed by atoms with Crippen molar-refractivity contribution in [2.45, 2.75) is 26.2 Å². The average molecular weight is 348 g/mol. The van der Waals surface area contributed by atoms with Gasteiger partial charge in [-0.2, -0.15) is 0 Å². The fraction of sp³-hybridized carbons (Fsp3) is 0.375. The zero-order valence-electron chi connectivity index (χ0n) is 13.2. The molecule has 0 radical (unpaired) electrons. The predicted octanol–water partition coefficient (Wildman–Crippen LogP) is 2.62. The first-order chi connectivity index (χ1) is 11.6. The molecule has 1 N–H and O–H groups in total. The Morgan fingerprint density at radius 3 is 2.83 bits per heavy atom. The lowest BCUT2D eigenvalue weighted by Crippen LogP contribution is -2.28. The van der Waals surface area contributed by atoms with Gasteiger partial charge in [0.2, 0.25) is 16.9 Å². The SMILES string of the molecule is CCCc1nnc(NC(=O)[C@@H]2CC(=O)N(c3ccc(F)cc3)C2)s1. The first-order valence-corrected chi connectivity index (χ1v) is 8.57. The minimum absolute atomic E-state index is 0.129. The van der Waals surface area contributed by atoms with Gasteiger partial charge in [-0.05, 0) is 30.7 Å². The molecule has 0 aliphatic carbocycles. The Morgan fingerprint density at radius 2 is 2.12 bits per heavy atom. The number of benzene rings is 1. The van der Waals surface area contributed by atoms with Crippen LogP contribution < -0.4 is 10.2 Å². The number of anilines is 2. The van der Waals surface area contributed by atoms with Crippen LogP contribution in [0.15, 0.2) is 24.3 Å². The standard InChI is InChI=1S/C16H17FN4O2S/c1-2-3-13-19-20-16(24-13)18-15(23)10-8-14(22)21(9-10)12-6-4-11(17)5-7-12/h4-7,10H,2-3,8-9H2,1H3,(H,18,20,23)/t10-/m1/s1. The Hall–Kier alpha value is -2.35. The van der Waals surface area contributed by atoms with Gasteiger partial charge < -0.3 is 10.2 Å². The Bertz CT molecular complexity index is 747. The maximum Gasteiger partial charge on any atom is 0.231 e. The van der Waals surface area contributed by atoms with E-state index in [1.54, 1.807) is 0 Å². The summed E-state index contributed by atoms with van der Waals surface area (Å²) in [4.78, 5) is 26.0. The molecule has 2 aromatic rings. The average Bonchev–Trinajstić information content (AvgIpc) is 3.15. The van der Waals surface area contributed by atoms with Crippen molar-refractivity contribution in [2.75, 3.05) is 16.8 Å². The van der Waals surface area contributed by atoms with Crippen molar-refractivity contribution in [3.05, 3.63) is 35.1 Å². The van der Waals surface area contributed by atoms with Crippen LogP contribution in [0.25, 0.3) is 0 Å². The Balaban J connectivity index is 1.64. The highest BCUT2D eigenvalue weighted by molar-refractivity contribution is 7.15. The number of carbonyl (C=O) groups excluding carboxylic acids is 2. The van der Waals surface area contributed by atoms with Crippen molar-refractivity contribution < 1.29 is 14.0 Å². The number of hydrogen-bond acceptors (Lipinski definition) is 5. The molecule has 0 bridgehead atoms. The maximum atomic E-state index is 13.0. The molecule has 1 aromatic carbocycles. The molecule has 0 spiro atoms. The maximum absolute atomic E-state index is 13.0. The van der Waals surface area contributed by atoms with Crippen LogP contribution in [0, 0.1) is 11.7 Å². The van der Waals surface area contributed by atoms with Gasteiger partial charge in [0.1, 0.15) is 10.8 Å². The number of carbonyl (C=O) groups is 2. The summed E-state index contributed by atoms with van der Waals surface area (Å²) in [6, 6.07) is 5.67. The van der Waals surface area contributed by atoms with Crippen LogP contribution in [-0.4, -0.2) is 28.6 Å². The van der Waals surface area contributed by atoms with Crippen molar-refractivity contribution >= 4 is 34.0 Å². The van der Waals surface area contributed by atoms with Gasteiger partial charge in [-0.15, -0.1) is 10.2 Å².